The lowest BCUT2D eigenvalue weighted by Gasteiger charge is -2.22. The molecule has 1 aromatic heterocycles. The first-order chi connectivity index (χ1) is 9.92. The number of hydrogen-bond donors (Lipinski definition) is 2. The average molecular weight is 308 g/mol. The highest BCUT2D eigenvalue weighted by atomic mass is 32.1. The Morgan fingerprint density at radius 1 is 1.52 bits per heavy atom. The molecule has 0 aliphatic carbocycles. The smallest absolute Gasteiger partial charge is 0.231 e. The minimum Gasteiger partial charge on any atom is -0.369 e. The molecule has 0 fully saturated rings. The van der Waals surface area contributed by atoms with Crippen molar-refractivity contribution in [3.8, 4) is 6.07 Å². The number of carbonyl (C=O) groups is 2. The van der Waals surface area contributed by atoms with E-state index in [9.17, 15) is 9.59 Å². The third kappa shape index (κ3) is 6.38. The van der Waals surface area contributed by atoms with Crippen LogP contribution >= 0.6 is 11.3 Å². The molecule has 114 valence electrons. The molecule has 0 bridgehead atoms. The first kappa shape index (κ1) is 17.1. The Morgan fingerprint density at radius 2 is 2.24 bits per heavy atom. The summed E-state index contributed by atoms with van der Waals surface area (Å²) in [5.74, 6) is -0.192. The zero-order chi connectivity index (χ0) is 15.8. The fourth-order valence-electron chi connectivity index (χ4n) is 1.91. The highest BCUT2D eigenvalue weighted by molar-refractivity contribution is 7.14. The van der Waals surface area contributed by atoms with Crippen LogP contribution in [0.2, 0.25) is 0 Å². The third-order valence-corrected chi connectivity index (χ3v) is 3.53. The third-order valence-electron chi connectivity index (χ3n) is 2.70. The van der Waals surface area contributed by atoms with E-state index in [2.05, 4.69) is 5.32 Å². The van der Waals surface area contributed by atoms with E-state index < -0.39 is 5.91 Å². The SMILES string of the molecule is CC(C)CN(CCC(=O)Nc1sccc1C#N)CC(N)=O. The minimum absolute atomic E-state index is 0.147. The van der Waals surface area contributed by atoms with Crippen molar-refractivity contribution in [3.63, 3.8) is 0 Å². The average Bonchev–Trinajstić information content (AvgIpc) is 2.81. The van der Waals surface area contributed by atoms with Crippen LogP contribution in [0.1, 0.15) is 25.8 Å². The number of anilines is 1. The first-order valence-corrected chi connectivity index (χ1v) is 7.58. The maximum absolute atomic E-state index is 11.9. The largest absolute Gasteiger partial charge is 0.369 e. The zero-order valence-corrected chi connectivity index (χ0v) is 13.1. The van der Waals surface area contributed by atoms with Gasteiger partial charge in [-0.25, -0.2) is 0 Å². The summed E-state index contributed by atoms with van der Waals surface area (Å²) in [5, 5.41) is 13.9. The number of amides is 2. The van der Waals surface area contributed by atoms with Crippen LogP contribution in [0.25, 0.3) is 0 Å². The van der Waals surface area contributed by atoms with Gasteiger partial charge in [-0.1, -0.05) is 13.8 Å². The van der Waals surface area contributed by atoms with E-state index in [1.165, 1.54) is 11.3 Å². The van der Waals surface area contributed by atoms with Gasteiger partial charge in [0.2, 0.25) is 11.8 Å². The summed E-state index contributed by atoms with van der Waals surface area (Å²) in [6.07, 6.45) is 0.253. The molecule has 1 heterocycles. The van der Waals surface area contributed by atoms with Gasteiger partial charge in [-0.15, -0.1) is 11.3 Å². The normalized spacial score (nSPS) is 10.6. The van der Waals surface area contributed by atoms with Crippen molar-refractivity contribution >= 4 is 28.2 Å². The van der Waals surface area contributed by atoms with Crippen LogP contribution in [-0.4, -0.2) is 36.3 Å². The Hall–Kier alpha value is -1.91. The number of thiophene rings is 1. The van der Waals surface area contributed by atoms with Crippen LogP contribution in [0, 0.1) is 17.2 Å². The molecular formula is C14H20N4O2S. The predicted octanol–water partition coefficient (Wildman–Crippen LogP) is 1.39. The van der Waals surface area contributed by atoms with E-state index in [1.54, 1.807) is 11.4 Å². The van der Waals surface area contributed by atoms with Gasteiger partial charge >= 0.3 is 0 Å². The van der Waals surface area contributed by atoms with E-state index >= 15 is 0 Å². The number of nitrogens with one attached hydrogen (secondary N) is 1. The van der Waals surface area contributed by atoms with Crippen LogP contribution in [-0.2, 0) is 9.59 Å². The van der Waals surface area contributed by atoms with Gasteiger partial charge in [-0.2, -0.15) is 5.26 Å². The van der Waals surface area contributed by atoms with Gasteiger partial charge in [0, 0.05) is 19.5 Å². The minimum atomic E-state index is -0.402. The summed E-state index contributed by atoms with van der Waals surface area (Å²) in [6, 6.07) is 3.69. The highest BCUT2D eigenvalue weighted by Gasteiger charge is 2.13. The second-order valence-electron chi connectivity index (χ2n) is 5.17. The quantitative estimate of drug-likeness (QED) is 0.758. The van der Waals surface area contributed by atoms with Gasteiger partial charge in [0.25, 0.3) is 0 Å². The molecular weight excluding hydrogens is 288 g/mol. The highest BCUT2D eigenvalue weighted by Crippen LogP contribution is 2.22. The van der Waals surface area contributed by atoms with Crippen molar-refractivity contribution in [1.29, 1.82) is 5.26 Å². The Morgan fingerprint density at radius 3 is 2.81 bits per heavy atom. The Balaban J connectivity index is 2.49. The first-order valence-electron chi connectivity index (χ1n) is 6.70. The summed E-state index contributed by atoms with van der Waals surface area (Å²) in [5.41, 5.74) is 5.67. The second-order valence-corrected chi connectivity index (χ2v) is 6.08. The molecule has 1 aromatic rings. The number of nitrogens with zero attached hydrogens (tertiary/aromatic N) is 2. The van der Waals surface area contributed by atoms with Gasteiger partial charge in [-0.3, -0.25) is 14.5 Å². The number of nitriles is 1. The number of primary amides is 1. The maximum Gasteiger partial charge on any atom is 0.231 e. The van der Waals surface area contributed by atoms with Crippen molar-refractivity contribution in [2.45, 2.75) is 20.3 Å². The Kier molecular flexibility index (Phi) is 6.85. The molecule has 3 N–H and O–H groups in total. The summed E-state index contributed by atoms with van der Waals surface area (Å²) < 4.78 is 0. The summed E-state index contributed by atoms with van der Waals surface area (Å²) in [7, 11) is 0. The van der Waals surface area contributed by atoms with Gasteiger partial charge in [0.15, 0.2) is 0 Å². The molecule has 0 saturated heterocycles. The molecule has 0 radical (unpaired) electrons. The van der Waals surface area contributed by atoms with Crippen LogP contribution in [0.5, 0.6) is 0 Å². The number of carbonyl (C=O) groups excluding carboxylic acids is 2. The summed E-state index contributed by atoms with van der Waals surface area (Å²) >= 11 is 1.32. The number of nitrogens with two attached hydrogens (primary N) is 1. The van der Waals surface area contributed by atoms with E-state index in [0.717, 1.165) is 0 Å². The molecule has 0 aromatic carbocycles. The number of rotatable bonds is 8. The lowest BCUT2D eigenvalue weighted by atomic mass is 10.2. The fraction of sp³-hybridized carbons (Fsp3) is 0.500. The molecule has 0 aliphatic rings. The van der Waals surface area contributed by atoms with Gasteiger partial charge in [0.1, 0.15) is 11.1 Å². The van der Waals surface area contributed by atoms with Crippen molar-refractivity contribution in [2.24, 2.45) is 11.7 Å². The predicted molar refractivity (Wildman–Crippen MR) is 82.8 cm³/mol. The van der Waals surface area contributed by atoms with Gasteiger partial charge < -0.3 is 11.1 Å². The maximum atomic E-state index is 11.9. The molecule has 2 amide bonds. The topological polar surface area (TPSA) is 99.2 Å². The van der Waals surface area contributed by atoms with Gasteiger partial charge in [-0.05, 0) is 17.4 Å². The molecule has 21 heavy (non-hydrogen) atoms. The fourth-order valence-corrected chi connectivity index (χ4v) is 2.67. The summed E-state index contributed by atoms with van der Waals surface area (Å²) in [4.78, 5) is 24.8. The van der Waals surface area contributed by atoms with Crippen molar-refractivity contribution in [2.75, 3.05) is 25.0 Å². The standard InChI is InChI=1S/C14H20N4O2S/c1-10(2)8-18(9-12(16)19)5-3-13(20)17-14-11(7-15)4-6-21-14/h4,6,10H,3,5,8-9H2,1-2H3,(H2,16,19)(H,17,20). The van der Waals surface area contributed by atoms with Gasteiger partial charge in [0.05, 0.1) is 12.1 Å². The van der Waals surface area contributed by atoms with Crippen LogP contribution in [0.4, 0.5) is 5.00 Å². The Labute approximate surface area is 128 Å². The van der Waals surface area contributed by atoms with E-state index in [1.807, 2.05) is 24.8 Å². The monoisotopic (exact) mass is 308 g/mol. The molecule has 0 aliphatic heterocycles. The van der Waals surface area contributed by atoms with Crippen molar-refractivity contribution in [1.82, 2.24) is 4.90 Å². The van der Waals surface area contributed by atoms with Crippen molar-refractivity contribution in [3.05, 3.63) is 17.0 Å². The second kappa shape index (κ2) is 8.39. The van der Waals surface area contributed by atoms with E-state index in [0.29, 0.717) is 29.6 Å². The van der Waals surface area contributed by atoms with Crippen molar-refractivity contribution < 1.29 is 9.59 Å². The Bertz CT molecular complexity index is 533. The zero-order valence-electron chi connectivity index (χ0n) is 12.3. The molecule has 6 nitrogen and oxygen atoms in total. The molecule has 1 rings (SSSR count). The molecule has 0 unspecified atom stereocenters. The van der Waals surface area contributed by atoms with Crippen LogP contribution < -0.4 is 11.1 Å². The molecule has 7 heteroatoms. The molecule has 0 atom stereocenters. The lowest BCUT2D eigenvalue weighted by molar-refractivity contribution is -0.120. The van der Waals surface area contributed by atoms with Crippen LogP contribution in [0.3, 0.4) is 0 Å². The number of hydrogen-bond acceptors (Lipinski definition) is 5. The summed E-state index contributed by atoms with van der Waals surface area (Å²) in [6.45, 7) is 5.39. The van der Waals surface area contributed by atoms with Crippen LogP contribution in [0.15, 0.2) is 11.4 Å². The lowest BCUT2D eigenvalue weighted by Crippen LogP contribution is -2.38. The molecule has 0 saturated carbocycles. The van der Waals surface area contributed by atoms with E-state index in [-0.39, 0.29) is 18.9 Å². The molecule has 0 spiro atoms. The van der Waals surface area contributed by atoms with E-state index in [4.69, 9.17) is 11.0 Å².